The number of hydrogen-bond acceptors (Lipinski definition) is 9. The number of carbonyl (C=O) groups is 3. The number of nitrogens with zero attached hydrogens (tertiary/aromatic N) is 3. The highest BCUT2D eigenvalue weighted by Gasteiger charge is 2.52. The Balaban J connectivity index is 1.67. The molecule has 0 radical (unpaired) electrons. The van der Waals surface area contributed by atoms with Crippen LogP contribution in [-0.2, 0) is 25.0 Å². The van der Waals surface area contributed by atoms with E-state index in [0.29, 0.717) is 11.8 Å². The minimum atomic E-state index is -3.62. The average Bonchev–Trinajstić information content (AvgIpc) is 3.67. The number of esters is 1. The van der Waals surface area contributed by atoms with Gasteiger partial charge in [0, 0.05) is 12.0 Å². The van der Waals surface area contributed by atoms with Crippen molar-refractivity contribution in [3.63, 3.8) is 0 Å². The van der Waals surface area contributed by atoms with Crippen LogP contribution in [0.4, 0.5) is 13.6 Å². The Morgan fingerprint density at radius 3 is 2.37 bits per heavy atom. The molecule has 2 aromatic rings. The zero-order chi connectivity index (χ0) is 36.5. The third-order valence-electron chi connectivity index (χ3n) is 8.64. The van der Waals surface area contributed by atoms with Gasteiger partial charge >= 0.3 is 18.0 Å². The summed E-state index contributed by atoms with van der Waals surface area (Å²) in [6, 6.07) is 2.31. The van der Waals surface area contributed by atoms with Crippen molar-refractivity contribution in [2.45, 2.75) is 104 Å². The van der Waals surface area contributed by atoms with Crippen molar-refractivity contribution in [2.24, 2.45) is 17.3 Å². The standard InChI is InChI=1S/C36H48F2N4O7/c1-11-13-14-21-17-25(21)48-33(45)41-29(34(4,5)6)31(43)42-19-26(20(3)27(42)32(44)49-35(7,8)9)47-30-28(36(37,38)12-2)39-23-16-15-22(46-10)18-24(23)40-30/h11-12,15-16,18,20-21,25-27,29H,1-2,13-14,17,19H2,3-10H3,(H,41,45)/t20-,21-,25-,26+,27+,29-/m1/s1. The van der Waals surface area contributed by atoms with Gasteiger partial charge in [-0.2, -0.15) is 8.78 Å². The second-order valence-electron chi connectivity index (χ2n) is 14.8. The first-order chi connectivity index (χ1) is 22.8. The molecule has 268 valence electrons. The first-order valence-corrected chi connectivity index (χ1v) is 16.4. The summed E-state index contributed by atoms with van der Waals surface area (Å²) < 4.78 is 53.2. The van der Waals surface area contributed by atoms with Crippen LogP contribution >= 0.6 is 0 Å². The second kappa shape index (κ2) is 14.3. The largest absolute Gasteiger partial charge is 0.497 e. The Labute approximate surface area is 286 Å². The summed E-state index contributed by atoms with van der Waals surface area (Å²) in [7, 11) is 1.46. The molecule has 11 nitrogen and oxygen atoms in total. The van der Waals surface area contributed by atoms with Crippen LogP contribution in [0.2, 0.25) is 0 Å². The first-order valence-electron chi connectivity index (χ1n) is 16.4. The summed E-state index contributed by atoms with van der Waals surface area (Å²) in [4.78, 5) is 50.9. The molecule has 4 rings (SSSR count). The Morgan fingerprint density at radius 2 is 1.78 bits per heavy atom. The molecule has 1 aromatic heterocycles. The molecule has 49 heavy (non-hydrogen) atoms. The molecule has 2 aliphatic rings. The van der Waals surface area contributed by atoms with Crippen LogP contribution in [-0.4, -0.2) is 76.4 Å². The molecule has 1 saturated carbocycles. The Morgan fingerprint density at radius 1 is 1.08 bits per heavy atom. The molecule has 1 aliphatic heterocycles. The zero-order valence-corrected chi connectivity index (χ0v) is 29.5. The molecule has 1 aliphatic carbocycles. The van der Waals surface area contributed by atoms with Gasteiger partial charge in [-0.15, -0.1) is 6.58 Å². The molecule has 1 aromatic carbocycles. The molecule has 13 heteroatoms. The number of alkyl halides is 2. The van der Waals surface area contributed by atoms with Crippen LogP contribution in [0, 0.1) is 17.3 Å². The summed E-state index contributed by atoms with van der Waals surface area (Å²) in [5.41, 5.74) is -2.07. The molecule has 2 fully saturated rings. The number of nitrogens with one attached hydrogen (secondary N) is 1. The highest BCUT2D eigenvalue weighted by Crippen LogP contribution is 2.40. The van der Waals surface area contributed by atoms with Gasteiger partial charge < -0.3 is 29.2 Å². The number of hydrogen-bond donors (Lipinski definition) is 1. The summed E-state index contributed by atoms with van der Waals surface area (Å²) in [5, 5.41) is 2.73. The van der Waals surface area contributed by atoms with Crippen LogP contribution < -0.4 is 14.8 Å². The molecule has 1 N–H and O–H groups in total. The van der Waals surface area contributed by atoms with E-state index in [4.69, 9.17) is 18.9 Å². The van der Waals surface area contributed by atoms with Crippen LogP contribution in [0.3, 0.4) is 0 Å². The zero-order valence-electron chi connectivity index (χ0n) is 29.5. The van der Waals surface area contributed by atoms with Gasteiger partial charge in [0.15, 0.2) is 5.69 Å². The van der Waals surface area contributed by atoms with Crippen LogP contribution in [0.1, 0.15) is 73.4 Å². The van der Waals surface area contributed by atoms with Gasteiger partial charge in [-0.25, -0.2) is 19.6 Å². The predicted octanol–water partition coefficient (Wildman–Crippen LogP) is 6.35. The summed E-state index contributed by atoms with van der Waals surface area (Å²) >= 11 is 0. The Bertz CT molecular complexity index is 1590. The number of ether oxygens (including phenoxy) is 4. The number of halogens is 2. The van der Waals surface area contributed by atoms with E-state index in [2.05, 4.69) is 28.4 Å². The number of methoxy groups -OCH3 is 1. The van der Waals surface area contributed by atoms with Gasteiger partial charge in [-0.05, 0) is 69.6 Å². The van der Waals surface area contributed by atoms with Crippen molar-refractivity contribution < 1.29 is 42.1 Å². The van der Waals surface area contributed by atoms with Gasteiger partial charge in [-0.1, -0.05) is 40.3 Å². The third-order valence-corrected chi connectivity index (χ3v) is 8.64. The fraction of sp³-hybridized carbons (Fsp3) is 0.583. The second-order valence-corrected chi connectivity index (χ2v) is 14.8. The smallest absolute Gasteiger partial charge is 0.408 e. The van der Waals surface area contributed by atoms with Crippen molar-refractivity contribution >= 4 is 29.0 Å². The molecule has 1 saturated heterocycles. The molecule has 0 bridgehead atoms. The van der Waals surface area contributed by atoms with E-state index in [1.54, 1.807) is 54.5 Å². The average molecular weight is 687 g/mol. The Kier molecular flexibility index (Phi) is 10.9. The lowest BCUT2D eigenvalue weighted by molar-refractivity contribution is -0.165. The van der Waals surface area contributed by atoms with E-state index in [1.807, 2.05) is 6.08 Å². The lowest BCUT2D eigenvalue weighted by Gasteiger charge is -2.35. The van der Waals surface area contributed by atoms with E-state index in [0.717, 1.165) is 19.3 Å². The number of benzene rings is 1. The normalized spacial score (nSPS) is 23.0. The summed E-state index contributed by atoms with van der Waals surface area (Å²) in [5.74, 6) is -5.47. The molecule has 0 unspecified atom stereocenters. The monoisotopic (exact) mass is 686 g/mol. The summed E-state index contributed by atoms with van der Waals surface area (Å²) in [6.07, 6.45) is 2.66. The number of aromatic nitrogens is 2. The van der Waals surface area contributed by atoms with Gasteiger partial charge in [-0.3, -0.25) is 4.79 Å². The summed E-state index contributed by atoms with van der Waals surface area (Å²) in [6.45, 7) is 18.9. The highest BCUT2D eigenvalue weighted by atomic mass is 19.3. The maximum absolute atomic E-state index is 15.2. The number of fused-ring (bicyclic) bond motifs is 1. The molecule has 6 atom stereocenters. The van der Waals surface area contributed by atoms with Gasteiger partial charge in [0.25, 0.3) is 0 Å². The number of amides is 2. The SMILES string of the molecule is C=CCC[C@@H]1C[C@H]1OC(=O)N[C@H](C(=O)N1C[C@H](Oc2nc3cc(OC)ccc3nc2C(F)(F)C=C)[C@@H](C)[C@H]1C(=O)OC(C)(C)C)C(C)(C)C. The van der Waals surface area contributed by atoms with Crippen molar-refractivity contribution in [3.05, 3.63) is 49.2 Å². The number of carbonyl (C=O) groups excluding carboxylic acids is 3. The number of likely N-dealkylation sites (tertiary alicyclic amines) is 1. The fourth-order valence-electron chi connectivity index (χ4n) is 5.82. The maximum atomic E-state index is 15.2. The topological polar surface area (TPSA) is 129 Å². The molecular weight excluding hydrogens is 638 g/mol. The highest BCUT2D eigenvalue weighted by molar-refractivity contribution is 5.91. The van der Waals surface area contributed by atoms with Crippen LogP contribution in [0.15, 0.2) is 43.5 Å². The maximum Gasteiger partial charge on any atom is 0.408 e. The van der Waals surface area contributed by atoms with Crippen molar-refractivity contribution in [2.75, 3.05) is 13.7 Å². The Hall–Kier alpha value is -4.29. The fourth-order valence-corrected chi connectivity index (χ4v) is 5.82. The first kappa shape index (κ1) is 37.5. The van der Waals surface area contributed by atoms with E-state index in [9.17, 15) is 14.4 Å². The minimum absolute atomic E-state index is 0.178. The van der Waals surface area contributed by atoms with E-state index < -0.39 is 70.6 Å². The van der Waals surface area contributed by atoms with Gasteiger partial charge in [0.05, 0.1) is 24.7 Å². The van der Waals surface area contributed by atoms with Crippen molar-refractivity contribution in [3.8, 4) is 11.6 Å². The predicted molar refractivity (Wildman–Crippen MR) is 179 cm³/mol. The van der Waals surface area contributed by atoms with Gasteiger partial charge in [0.1, 0.15) is 35.6 Å². The lowest BCUT2D eigenvalue weighted by atomic mass is 9.85. The van der Waals surface area contributed by atoms with Crippen LogP contribution in [0.25, 0.3) is 11.0 Å². The lowest BCUT2D eigenvalue weighted by Crippen LogP contribution is -2.57. The number of rotatable bonds is 12. The van der Waals surface area contributed by atoms with E-state index in [-0.39, 0.29) is 29.6 Å². The van der Waals surface area contributed by atoms with Crippen molar-refractivity contribution in [1.82, 2.24) is 20.2 Å². The van der Waals surface area contributed by atoms with E-state index >= 15 is 8.78 Å². The van der Waals surface area contributed by atoms with Crippen LogP contribution in [0.5, 0.6) is 11.6 Å². The number of alkyl carbamates (subject to hydrolysis) is 1. The minimum Gasteiger partial charge on any atom is -0.497 e. The third kappa shape index (κ3) is 8.85. The molecular formula is C36H48F2N4O7. The number of allylic oxidation sites excluding steroid dienone is 2. The molecule has 2 amide bonds. The van der Waals surface area contributed by atoms with Crippen molar-refractivity contribution in [1.29, 1.82) is 0 Å². The van der Waals surface area contributed by atoms with Gasteiger partial charge in [0.2, 0.25) is 11.8 Å². The molecule has 2 heterocycles. The quantitative estimate of drug-likeness (QED) is 0.201. The van der Waals surface area contributed by atoms with E-state index in [1.165, 1.54) is 24.1 Å². The molecule has 0 spiro atoms.